The maximum absolute atomic E-state index is 5.31. The van der Waals surface area contributed by atoms with E-state index in [1.54, 1.807) is 25.5 Å². The van der Waals surface area contributed by atoms with E-state index in [0.29, 0.717) is 23.2 Å². The lowest BCUT2D eigenvalue weighted by Gasteiger charge is -2.07. The van der Waals surface area contributed by atoms with E-state index in [1.807, 2.05) is 31.2 Å². The molecule has 2 aromatic heterocycles. The van der Waals surface area contributed by atoms with Crippen molar-refractivity contribution in [1.82, 2.24) is 15.2 Å². The number of aromatic nitrogens is 3. The van der Waals surface area contributed by atoms with Gasteiger partial charge in [-0.25, -0.2) is 0 Å². The molecule has 0 N–H and O–H groups in total. The summed E-state index contributed by atoms with van der Waals surface area (Å²) in [5.41, 5.74) is 2.71. The highest BCUT2D eigenvalue weighted by Crippen LogP contribution is 2.27. The maximum atomic E-state index is 5.31. The Morgan fingerprint density at radius 3 is 2.50 bits per heavy atom. The second-order valence-electron chi connectivity index (χ2n) is 4.34. The van der Waals surface area contributed by atoms with Crippen molar-refractivity contribution >= 4 is 0 Å². The van der Waals surface area contributed by atoms with Crippen molar-refractivity contribution in [3.8, 4) is 28.7 Å². The highest BCUT2D eigenvalue weighted by Gasteiger charge is 2.14. The van der Waals surface area contributed by atoms with Gasteiger partial charge in [0.15, 0.2) is 11.5 Å². The summed E-state index contributed by atoms with van der Waals surface area (Å²) in [5.74, 6) is 1.39. The van der Waals surface area contributed by atoms with Crippen LogP contribution in [0.4, 0.5) is 0 Å². The number of hydrogen-bond donors (Lipinski definition) is 0. The van der Waals surface area contributed by atoms with Crippen LogP contribution in [0.1, 0.15) is 5.56 Å². The van der Waals surface area contributed by atoms with Gasteiger partial charge >= 0.3 is 0 Å². The number of ether oxygens (including phenoxy) is 1. The van der Waals surface area contributed by atoms with Crippen LogP contribution >= 0.6 is 0 Å². The highest BCUT2D eigenvalue weighted by molar-refractivity contribution is 5.65. The Balaban J connectivity index is 2.06. The van der Waals surface area contributed by atoms with Crippen LogP contribution in [0.2, 0.25) is 0 Å². The number of hydrogen-bond acceptors (Lipinski definition) is 5. The van der Waals surface area contributed by atoms with E-state index in [4.69, 9.17) is 9.15 Å². The minimum absolute atomic E-state index is 0.405. The van der Waals surface area contributed by atoms with Crippen molar-refractivity contribution in [1.29, 1.82) is 0 Å². The van der Waals surface area contributed by atoms with Gasteiger partial charge in [-0.3, -0.25) is 0 Å². The maximum Gasteiger partial charge on any atom is 0.244 e. The zero-order valence-corrected chi connectivity index (χ0v) is 11.2. The van der Waals surface area contributed by atoms with E-state index in [-0.39, 0.29) is 0 Å². The molecule has 3 aromatic rings. The largest absolute Gasteiger partial charge is 0.479 e. The second-order valence-corrected chi connectivity index (χ2v) is 4.34. The van der Waals surface area contributed by atoms with Crippen LogP contribution in [0.15, 0.2) is 47.1 Å². The first-order chi connectivity index (χ1) is 9.78. The molecule has 0 saturated carbocycles. The summed E-state index contributed by atoms with van der Waals surface area (Å²) in [5, 5.41) is 8.30. The molecule has 20 heavy (non-hydrogen) atoms. The molecule has 0 atom stereocenters. The van der Waals surface area contributed by atoms with Crippen molar-refractivity contribution < 1.29 is 9.15 Å². The van der Waals surface area contributed by atoms with Gasteiger partial charge < -0.3 is 9.15 Å². The Morgan fingerprint density at radius 1 is 1.05 bits per heavy atom. The molecule has 0 saturated heterocycles. The van der Waals surface area contributed by atoms with Gasteiger partial charge in [0, 0.05) is 5.56 Å². The van der Waals surface area contributed by atoms with Crippen molar-refractivity contribution in [3.05, 3.63) is 48.2 Å². The summed E-state index contributed by atoms with van der Waals surface area (Å²) in [6.07, 6.45) is 1.57. The fourth-order valence-electron chi connectivity index (χ4n) is 1.86. The number of rotatable bonds is 3. The number of furan rings is 1. The molecule has 5 nitrogen and oxygen atoms in total. The van der Waals surface area contributed by atoms with Crippen molar-refractivity contribution in [2.24, 2.45) is 0 Å². The number of aryl methyl sites for hydroxylation is 1. The van der Waals surface area contributed by atoms with Gasteiger partial charge in [0.25, 0.3) is 0 Å². The van der Waals surface area contributed by atoms with E-state index in [2.05, 4.69) is 15.2 Å². The van der Waals surface area contributed by atoms with Crippen LogP contribution in [0, 0.1) is 6.92 Å². The molecular formula is C15H13N3O2. The summed E-state index contributed by atoms with van der Waals surface area (Å²) < 4.78 is 10.6. The van der Waals surface area contributed by atoms with Gasteiger partial charge in [0.1, 0.15) is 0 Å². The molecule has 0 aliphatic carbocycles. The molecule has 0 spiro atoms. The fourth-order valence-corrected chi connectivity index (χ4v) is 1.86. The fraction of sp³-hybridized carbons (Fsp3) is 0.133. The number of nitrogens with zero attached hydrogens (tertiary/aromatic N) is 3. The molecular weight excluding hydrogens is 254 g/mol. The monoisotopic (exact) mass is 267 g/mol. The molecule has 0 aliphatic heterocycles. The van der Waals surface area contributed by atoms with E-state index < -0.39 is 0 Å². The number of methoxy groups -OCH3 is 1. The van der Waals surface area contributed by atoms with Crippen molar-refractivity contribution in [3.63, 3.8) is 0 Å². The molecule has 0 amide bonds. The Kier molecular flexibility index (Phi) is 3.16. The SMILES string of the molecule is COc1nc(-c2ccco2)nnc1-c1ccc(C)cc1. The van der Waals surface area contributed by atoms with E-state index in [0.717, 1.165) is 5.56 Å². The lowest BCUT2D eigenvalue weighted by atomic mass is 10.1. The highest BCUT2D eigenvalue weighted by atomic mass is 16.5. The Bertz CT molecular complexity index is 706. The molecule has 0 radical (unpaired) electrons. The third-order valence-electron chi connectivity index (χ3n) is 2.91. The Morgan fingerprint density at radius 2 is 1.85 bits per heavy atom. The van der Waals surface area contributed by atoms with Gasteiger partial charge in [0.05, 0.1) is 13.4 Å². The zero-order valence-electron chi connectivity index (χ0n) is 11.2. The van der Waals surface area contributed by atoms with Crippen LogP contribution in [-0.2, 0) is 0 Å². The minimum Gasteiger partial charge on any atom is -0.479 e. The lowest BCUT2D eigenvalue weighted by Crippen LogP contribution is -2.00. The topological polar surface area (TPSA) is 61.0 Å². The second kappa shape index (κ2) is 5.13. The molecule has 1 aromatic carbocycles. The zero-order chi connectivity index (χ0) is 13.9. The van der Waals surface area contributed by atoms with Crippen molar-refractivity contribution in [2.45, 2.75) is 6.92 Å². The van der Waals surface area contributed by atoms with Crippen LogP contribution in [0.25, 0.3) is 22.8 Å². The lowest BCUT2D eigenvalue weighted by molar-refractivity contribution is 0.395. The van der Waals surface area contributed by atoms with Gasteiger partial charge in [-0.15, -0.1) is 10.2 Å². The van der Waals surface area contributed by atoms with Gasteiger partial charge in [-0.1, -0.05) is 29.8 Å². The first-order valence-corrected chi connectivity index (χ1v) is 6.17. The summed E-state index contributed by atoms with van der Waals surface area (Å²) in [4.78, 5) is 4.34. The molecule has 0 bridgehead atoms. The van der Waals surface area contributed by atoms with Crippen LogP contribution in [-0.4, -0.2) is 22.3 Å². The molecule has 100 valence electrons. The first-order valence-electron chi connectivity index (χ1n) is 6.17. The van der Waals surface area contributed by atoms with Gasteiger partial charge in [0.2, 0.25) is 11.7 Å². The Labute approximate surface area is 116 Å². The number of benzene rings is 1. The molecule has 0 unspecified atom stereocenters. The minimum atomic E-state index is 0.405. The molecule has 2 heterocycles. The summed E-state index contributed by atoms with van der Waals surface area (Å²) >= 11 is 0. The molecule has 0 fully saturated rings. The standard InChI is InChI=1S/C15H13N3O2/c1-10-5-7-11(8-6-10)13-15(19-2)16-14(18-17-13)12-4-3-9-20-12/h3-9H,1-2H3. The van der Waals surface area contributed by atoms with Crippen LogP contribution in [0.3, 0.4) is 0 Å². The molecule has 5 heteroatoms. The van der Waals surface area contributed by atoms with Gasteiger partial charge in [-0.2, -0.15) is 4.98 Å². The summed E-state index contributed by atoms with van der Waals surface area (Å²) in [7, 11) is 1.56. The molecule has 3 rings (SSSR count). The Hall–Kier alpha value is -2.69. The summed E-state index contributed by atoms with van der Waals surface area (Å²) in [6, 6.07) is 11.5. The average Bonchev–Trinajstić information content (AvgIpc) is 3.02. The van der Waals surface area contributed by atoms with E-state index >= 15 is 0 Å². The van der Waals surface area contributed by atoms with Crippen LogP contribution in [0.5, 0.6) is 5.88 Å². The molecule has 0 aliphatic rings. The smallest absolute Gasteiger partial charge is 0.244 e. The predicted octanol–water partition coefficient (Wildman–Crippen LogP) is 3.12. The quantitative estimate of drug-likeness (QED) is 0.729. The third kappa shape index (κ3) is 2.25. The first kappa shape index (κ1) is 12.3. The average molecular weight is 267 g/mol. The van der Waals surface area contributed by atoms with E-state index in [9.17, 15) is 0 Å². The summed E-state index contributed by atoms with van der Waals surface area (Å²) in [6.45, 7) is 2.03. The van der Waals surface area contributed by atoms with Gasteiger partial charge in [-0.05, 0) is 19.1 Å². The third-order valence-corrected chi connectivity index (χ3v) is 2.91. The van der Waals surface area contributed by atoms with Crippen molar-refractivity contribution in [2.75, 3.05) is 7.11 Å². The predicted molar refractivity (Wildman–Crippen MR) is 74.3 cm³/mol. The normalized spacial score (nSPS) is 10.5. The van der Waals surface area contributed by atoms with E-state index in [1.165, 1.54) is 5.56 Å². The van der Waals surface area contributed by atoms with Crippen LogP contribution < -0.4 is 4.74 Å².